The topological polar surface area (TPSA) is 46.3 Å². The van der Waals surface area contributed by atoms with Crippen LogP contribution < -0.4 is 10.6 Å². The van der Waals surface area contributed by atoms with Crippen LogP contribution in [-0.2, 0) is 4.79 Å². The Kier molecular flexibility index (Phi) is 3.52. The minimum Gasteiger partial charge on any atom is -0.371 e. The predicted octanol–water partition coefficient (Wildman–Crippen LogP) is 2.18. The Morgan fingerprint density at radius 1 is 1.59 bits per heavy atom. The number of carbonyl (C=O) groups is 1. The SMILES string of the molecule is NC(=O)C[C@@H]1CCN(c2ccc(Cl)c(F)c2)C1. The molecule has 1 aromatic carbocycles. The molecule has 1 amide bonds. The minimum atomic E-state index is -0.414. The Morgan fingerprint density at radius 3 is 3.00 bits per heavy atom. The van der Waals surface area contributed by atoms with Crippen molar-refractivity contribution >= 4 is 23.2 Å². The molecule has 1 aliphatic rings. The van der Waals surface area contributed by atoms with E-state index < -0.39 is 5.82 Å². The second-order valence-electron chi connectivity index (χ2n) is 4.37. The van der Waals surface area contributed by atoms with Crippen molar-refractivity contribution in [1.29, 1.82) is 0 Å². The molecule has 1 saturated heterocycles. The van der Waals surface area contributed by atoms with Gasteiger partial charge in [0.15, 0.2) is 0 Å². The summed E-state index contributed by atoms with van der Waals surface area (Å²) in [6, 6.07) is 4.76. The average molecular weight is 257 g/mol. The molecule has 0 bridgehead atoms. The van der Waals surface area contributed by atoms with Crippen LogP contribution in [0.5, 0.6) is 0 Å². The van der Waals surface area contributed by atoms with Gasteiger partial charge >= 0.3 is 0 Å². The van der Waals surface area contributed by atoms with Crippen LogP contribution in [0.15, 0.2) is 18.2 Å². The highest BCUT2D eigenvalue weighted by atomic mass is 35.5. The highest BCUT2D eigenvalue weighted by Crippen LogP contribution is 2.28. The van der Waals surface area contributed by atoms with E-state index in [9.17, 15) is 9.18 Å². The second kappa shape index (κ2) is 4.92. The van der Waals surface area contributed by atoms with Crippen LogP contribution in [-0.4, -0.2) is 19.0 Å². The molecule has 1 aromatic rings. The summed E-state index contributed by atoms with van der Waals surface area (Å²) < 4.78 is 13.3. The molecule has 5 heteroatoms. The second-order valence-corrected chi connectivity index (χ2v) is 4.78. The van der Waals surface area contributed by atoms with Gasteiger partial charge in [0, 0.05) is 25.2 Å². The number of rotatable bonds is 3. The average Bonchev–Trinajstić information content (AvgIpc) is 2.69. The van der Waals surface area contributed by atoms with Crippen molar-refractivity contribution in [1.82, 2.24) is 0 Å². The lowest BCUT2D eigenvalue weighted by Gasteiger charge is -2.18. The summed E-state index contributed by atoms with van der Waals surface area (Å²) in [5, 5.41) is 0.127. The van der Waals surface area contributed by atoms with Gasteiger partial charge < -0.3 is 10.6 Å². The van der Waals surface area contributed by atoms with Gasteiger partial charge in [-0.3, -0.25) is 4.79 Å². The van der Waals surface area contributed by atoms with E-state index in [1.807, 2.05) is 4.90 Å². The van der Waals surface area contributed by atoms with Gasteiger partial charge in [0.1, 0.15) is 5.82 Å². The maximum absolute atomic E-state index is 13.3. The van der Waals surface area contributed by atoms with Gasteiger partial charge in [-0.15, -0.1) is 0 Å². The standard InChI is InChI=1S/C12H14ClFN2O/c13-10-2-1-9(6-11(10)14)16-4-3-8(7-16)5-12(15)17/h1-2,6,8H,3-5,7H2,(H2,15,17)/t8-/m0/s1. The third kappa shape index (κ3) is 2.88. The molecule has 0 radical (unpaired) electrons. The first-order valence-corrected chi connectivity index (χ1v) is 5.92. The van der Waals surface area contributed by atoms with Gasteiger partial charge in [-0.1, -0.05) is 11.6 Å². The summed E-state index contributed by atoms with van der Waals surface area (Å²) in [6.07, 6.45) is 1.31. The summed E-state index contributed by atoms with van der Waals surface area (Å²) >= 11 is 5.63. The van der Waals surface area contributed by atoms with Gasteiger partial charge in [-0.25, -0.2) is 4.39 Å². The first-order valence-electron chi connectivity index (χ1n) is 5.54. The van der Waals surface area contributed by atoms with Gasteiger partial charge in [-0.2, -0.15) is 0 Å². The fourth-order valence-corrected chi connectivity index (χ4v) is 2.32. The number of hydrogen-bond donors (Lipinski definition) is 1. The fourth-order valence-electron chi connectivity index (χ4n) is 2.20. The molecule has 0 unspecified atom stereocenters. The highest BCUT2D eigenvalue weighted by Gasteiger charge is 2.24. The molecule has 1 aliphatic heterocycles. The molecule has 2 N–H and O–H groups in total. The van der Waals surface area contributed by atoms with E-state index in [4.69, 9.17) is 17.3 Å². The Morgan fingerprint density at radius 2 is 2.35 bits per heavy atom. The lowest BCUT2D eigenvalue weighted by Crippen LogP contribution is -2.22. The van der Waals surface area contributed by atoms with Gasteiger partial charge in [-0.05, 0) is 30.5 Å². The van der Waals surface area contributed by atoms with Crippen molar-refractivity contribution in [2.24, 2.45) is 11.7 Å². The molecule has 1 atom stereocenters. The Balaban J connectivity index is 2.04. The largest absolute Gasteiger partial charge is 0.371 e. The van der Waals surface area contributed by atoms with E-state index in [-0.39, 0.29) is 16.8 Å². The quantitative estimate of drug-likeness (QED) is 0.901. The number of hydrogen-bond acceptors (Lipinski definition) is 2. The summed E-state index contributed by atoms with van der Waals surface area (Å²) in [5.41, 5.74) is 5.97. The summed E-state index contributed by atoms with van der Waals surface area (Å²) in [6.45, 7) is 1.56. The first-order chi connectivity index (χ1) is 8.06. The van der Waals surface area contributed by atoms with Crippen molar-refractivity contribution in [3.05, 3.63) is 29.0 Å². The van der Waals surface area contributed by atoms with Crippen LogP contribution in [0.4, 0.5) is 10.1 Å². The van der Waals surface area contributed by atoms with Crippen LogP contribution in [0.3, 0.4) is 0 Å². The zero-order valence-corrected chi connectivity index (χ0v) is 10.1. The number of carbonyl (C=O) groups excluding carboxylic acids is 1. The fraction of sp³-hybridized carbons (Fsp3) is 0.417. The van der Waals surface area contributed by atoms with Crippen molar-refractivity contribution in [3.8, 4) is 0 Å². The van der Waals surface area contributed by atoms with Gasteiger partial charge in [0.05, 0.1) is 5.02 Å². The Bertz CT molecular complexity index is 439. The highest BCUT2D eigenvalue weighted by molar-refractivity contribution is 6.30. The minimum absolute atomic E-state index is 0.127. The molecule has 17 heavy (non-hydrogen) atoms. The maximum atomic E-state index is 13.3. The van der Waals surface area contributed by atoms with Gasteiger partial charge in [0.2, 0.25) is 5.91 Å². The third-order valence-corrected chi connectivity index (χ3v) is 3.35. The smallest absolute Gasteiger partial charge is 0.217 e. The molecule has 2 rings (SSSR count). The van der Waals surface area contributed by atoms with E-state index in [2.05, 4.69) is 0 Å². The number of nitrogens with two attached hydrogens (primary N) is 1. The Labute approximate surface area is 104 Å². The molecule has 0 spiro atoms. The Hall–Kier alpha value is -1.29. The summed E-state index contributed by atoms with van der Waals surface area (Å²) in [5.74, 6) is -0.423. The molecule has 0 aromatic heterocycles. The van der Waals surface area contributed by atoms with Crippen LogP contribution >= 0.6 is 11.6 Å². The molecule has 3 nitrogen and oxygen atoms in total. The summed E-state index contributed by atoms with van der Waals surface area (Å²) in [7, 11) is 0. The first kappa shape index (κ1) is 12.2. The van der Waals surface area contributed by atoms with Crippen molar-refractivity contribution in [2.45, 2.75) is 12.8 Å². The van der Waals surface area contributed by atoms with E-state index in [1.54, 1.807) is 12.1 Å². The van der Waals surface area contributed by atoms with E-state index in [0.29, 0.717) is 6.42 Å². The number of halogens is 2. The van der Waals surface area contributed by atoms with Crippen molar-refractivity contribution in [2.75, 3.05) is 18.0 Å². The van der Waals surface area contributed by atoms with Crippen LogP contribution in [0.25, 0.3) is 0 Å². The maximum Gasteiger partial charge on any atom is 0.217 e. The lowest BCUT2D eigenvalue weighted by molar-refractivity contribution is -0.118. The number of amides is 1. The molecule has 1 heterocycles. The van der Waals surface area contributed by atoms with Crippen LogP contribution in [0, 0.1) is 11.7 Å². The third-order valence-electron chi connectivity index (χ3n) is 3.04. The number of nitrogens with zero attached hydrogens (tertiary/aromatic N) is 1. The van der Waals surface area contributed by atoms with Crippen molar-refractivity contribution in [3.63, 3.8) is 0 Å². The zero-order chi connectivity index (χ0) is 12.4. The monoisotopic (exact) mass is 256 g/mol. The van der Waals surface area contributed by atoms with Crippen LogP contribution in [0.1, 0.15) is 12.8 Å². The van der Waals surface area contributed by atoms with E-state index in [0.717, 1.165) is 25.2 Å². The number of benzene rings is 1. The number of anilines is 1. The predicted molar refractivity (Wildman–Crippen MR) is 65.5 cm³/mol. The summed E-state index contributed by atoms with van der Waals surface area (Å²) in [4.78, 5) is 12.9. The normalized spacial score (nSPS) is 19.6. The molecule has 1 fully saturated rings. The van der Waals surface area contributed by atoms with E-state index >= 15 is 0 Å². The lowest BCUT2D eigenvalue weighted by atomic mass is 10.1. The van der Waals surface area contributed by atoms with Crippen molar-refractivity contribution < 1.29 is 9.18 Å². The molecule has 0 aliphatic carbocycles. The molecule has 0 saturated carbocycles. The molecular formula is C12H14ClFN2O. The molecular weight excluding hydrogens is 243 g/mol. The van der Waals surface area contributed by atoms with Gasteiger partial charge in [0.25, 0.3) is 0 Å². The van der Waals surface area contributed by atoms with Crippen LogP contribution in [0.2, 0.25) is 5.02 Å². The zero-order valence-electron chi connectivity index (χ0n) is 9.33. The van der Waals surface area contributed by atoms with E-state index in [1.165, 1.54) is 6.07 Å². The molecule has 92 valence electrons. The number of primary amides is 1.